The Hall–Kier alpha value is -2.41. The van der Waals surface area contributed by atoms with Gasteiger partial charge in [-0.15, -0.1) is 0 Å². The van der Waals surface area contributed by atoms with Crippen LogP contribution < -0.4 is 5.32 Å². The number of hydrogen-bond acceptors (Lipinski definition) is 4. The topological polar surface area (TPSA) is 72.3 Å². The predicted molar refractivity (Wildman–Crippen MR) is 92.2 cm³/mol. The van der Waals surface area contributed by atoms with Crippen LogP contribution in [0.1, 0.15) is 24.8 Å². The molecule has 0 aromatic carbocycles. The molecule has 2 aromatic rings. The fourth-order valence-corrected chi connectivity index (χ4v) is 3.23. The van der Waals surface area contributed by atoms with E-state index in [9.17, 15) is 4.79 Å². The number of hydrogen-bond donors (Lipinski definition) is 1. The number of pyridine rings is 1. The number of nitrogens with zero attached hydrogens (tertiary/aromatic N) is 4. The lowest BCUT2D eigenvalue weighted by Crippen LogP contribution is -2.43. The summed E-state index contributed by atoms with van der Waals surface area (Å²) in [4.78, 5) is 19.1. The molecule has 132 valence electrons. The Morgan fingerprint density at radius 2 is 2.24 bits per heavy atom. The number of nitrogens with one attached hydrogen (secondary N) is 1. The van der Waals surface area contributed by atoms with E-state index in [4.69, 9.17) is 4.74 Å². The van der Waals surface area contributed by atoms with Crippen LogP contribution in [0.2, 0.25) is 0 Å². The van der Waals surface area contributed by atoms with Crippen molar-refractivity contribution in [2.24, 2.45) is 5.92 Å². The SMILES string of the molecule is O=C(NCc1cccnc1-n1cccn1)N(C[C@H]1CCOC1)C1CC1. The van der Waals surface area contributed by atoms with Crippen molar-refractivity contribution < 1.29 is 9.53 Å². The second kappa shape index (κ2) is 7.23. The second-order valence-corrected chi connectivity index (χ2v) is 6.71. The van der Waals surface area contributed by atoms with Gasteiger partial charge in [-0.05, 0) is 31.4 Å². The number of rotatable bonds is 6. The lowest BCUT2D eigenvalue weighted by atomic mass is 10.1. The van der Waals surface area contributed by atoms with Gasteiger partial charge >= 0.3 is 6.03 Å². The molecule has 2 aromatic heterocycles. The van der Waals surface area contributed by atoms with E-state index in [-0.39, 0.29) is 6.03 Å². The molecule has 2 fully saturated rings. The maximum Gasteiger partial charge on any atom is 0.317 e. The van der Waals surface area contributed by atoms with Crippen LogP contribution >= 0.6 is 0 Å². The van der Waals surface area contributed by atoms with Crippen molar-refractivity contribution in [3.8, 4) is 5.82 Å². The number of carbonyl (C=O) groups excluding carboxylic acids is 1. The highest BCUT2D eigenvalue weighted by molar-refractivity contribution is 5.75. The fourth-order valence-electron chi connectivity index (χ4n) is 3.23. The molecule has 0 bridgehead atoms. The molecule has 2 amide bonds. The van der Waals surface area contributed by atoms with E-state index in [1.807, 2.05) is 29.3 Å². The standard InChI is InChI=1S/C18H23N5O2/c24-18(22(16-4-5-16)12-14-6-10-25-13-14)20-11-15-3-1-7-19-17(15)23-9-2-8-21-23/h1-3,7-9,14,16H,4-6,10-13H2,(H,20,24)/t14-/m1/s1. The van der Waals surface area contributed by atoms with Crippen molar-refractivity contribution in [2.45, 2.75) is 31.8 Å². The molecule has 0 radical (unpaired) electrons. The van der Waals surface area contributed by atoms with Gasteiger partial charge in [-0.25, -0.2) is 14.5 Å². The first-order chi connectivity index (χ1) is 12.3. The van der Waals surface area contributed by atoms with Crippen LogP contribution in [-0.4, -0.2) is 51.5 Å². The summed E-state index contributed by atoms with van der Waals surface area (Å²) in [7, 11) is 0. The maximum atomic E-state index is 12.7. The van der Waals surface area contributed by atoms with Gasteiger partial charge in [0.05, 0.1) is 6.61 Å². The van der Waals surface area contributed by atoms with Crippen molar-refractivity contribution in [3.63, 3.8) is 0 Å². The Morgan fingerprint density at radius 1 is 1.32 bits per heavy atom. The highest BCUT2D eigenvalue weighted by Gasteiger charge is 2.34. The Morgan fingerprint density at radius 3 is 2.96 bits per heavy atom. The quantitative estimate of drug-likeness (QED) is 0.872. The van der Waals surface area contributed by atoms with Crippen LogP contribution in [0.25, 0.3) is 5.82 Å². The van der Waals surface area contributed by atoms with Gasteiger partial charge in [-0.1, -0.05) is 6.07 Å². The van der Waals surface area contributed by atoms with Crippen molar-refractivity contribution >= 4 is 6.03 Å². The fraction of sp³-hybridized carbons (Fsp3) is 0.500. The van der Waals surface area contributed by atoms with Gasteiger partial charge in [0.1, 0.15) is 0 Å². The molecule has 1 saturated heterocycles. The maximum absolute atomic E-state index is 12.7. The van der Waals surface area contributed by atoms with E-state index in [1.54, 1.807) is 17.1 Å². The minimum absolute atomic E-state index is 0.00432. The smallest absolute Gasteiger partial charge is 0.317 e. The van der Waals surface area contributed by atoms with Gasteiger partial charge in [0, 0.05) is 55.8 Å². The Labute approximate surface area is 147 Å². The number of aromatic nitrogens is 3. The van der Waals surface area contributed by atoms with Crippen LogP contribution in [0.5, 0.6) is 0 Å². The first-order valence-electron chi connectivity index (χ1n) is 8.87. The zero-order valence-electron chi connectivity index (χ0n) is 14.2. The summed E-state index contributed by atoms with van der Waals surface area (Å²) in [6, 6.07) is 6.10. The number of urea groups is 1. The van der Waals surface area contributed by atoms with Crippen molar-refractivity contribution in [1.82, 2.24) is 25.0 Å². The molecular formula is C18H23N5O2. The largest absolute Gasteiger partial charge is 0.381 e. The minimum atomic E-state index is 0.00432. The molecule has 0 spiro atoms. The van der Waals surface area contributed by atoms with Gasteiger partial charge in [0.15, 0.2) is 5.82 Å². The zero-order valence-corrected chi connectivity index (χ0v) is 14.2. The van der Waals surface area contributed by atoms with Crippen LogP contribution in [-0.2, 0) is 11.3 Å². The molecule has 2 aliphatic rings. The molecule has 1 saturated carbocycles. The van der Waals surface area contributed by atoms with E-state index in [1.165, 1.54) is 0 Å². The lowest BCUT2D eigenvalue weighted by molar-refractivity contribution is 0.162. The summed E-state index contributed by atoms with van der Waals surface area (Å²) < 4.78 is 7.17. The van der Waals surface area contributed by atoms with Crippen molar-refractivity contribution in [3.05, 3.63) is 42.4 Å². The number of amides is 2. The summed E-state index contributed by atoms with van der Waals surface area (Å²) in [5.41, 5.74) is 0.944. The molecule has 1 aliphatic heterocycles. The van der Waals surface area contributed by atoms with Gasteiger partial charge in [-0.2, -0.15) is 5.10 Å². The molecule has 7 heteroatoms. The monoisotopic (exact) mass is 341 g/mol. The van der Waals surface area contributed by atoms with Crippen LogP contribution in [0, 0.1) is 5.92 Å². The van der Waals surface area contributed by atoms with Crippen molar-refractivity contribution in [1.29, 1.82) is 0 Å². The zero-order chi connectivity index (χ0) is 17.1. The van der Waals surface area contributed by atoms with E-state index in [0.717, 1.165) is 50.4 Å². The van der Waals surface area contributed by atoms with Crippen LogP contribution in [0.3, 0.4) is 0 Å². The summed E-state index contributed by atoms with van der Waals surface area (Å²) in [5.74, 6) is 1.21. The lowest BCUT2D eigenvalue weighted by Gasteiger charge is -2.25. The Kier molecular flexibility index (Phi) is 4.65. The molecule has 1 N–H and O–H groups in total. The van der Waals surface area contributed by atoms with Gasteiger partial charge < -0.3 is 15.0 Å². The van der Waals surface area contributed by atoms with Gasteiger partial charge in [0.25, 0.3) is 0 Å². The molecule has 4 rings (SSSR count). The van der Waals surface area contributed by atoms with Crippen LogP contribution in [0.15, 0.2) is 36.8 Å². The van der Waals surface area contributed by atoms with Gasteiger partial charge in [0.2, 0.25) is 0 Å². The first kappa shape index (κ1) is 16.1. The minimum Gasteiger partial charge on any atom is -0.381 e. The Balaban J connectivity index is 1.41. The van der Waals surface area contributed by atoms with Gasteiger partial charge in [-0.3, -0.25) is 0 Å². The third-order valence-electron chi connectivity index (χ3n) is 4.75. The summed E-state index contributed by atoms with van der Waals surface area (Å²) in [6.07, 6.45) is 8.56. The van der Waals surface area contributed by atoms with E-state index in [2.05, 4.69) is 15.4 Å². The highest BCUT2D eigenvalue weighted by Crippen LogP contribution is 2.29. The molecule has 1 aliphatic carbocycles. The van der Waals surface area contributed by atoms with Crippen molar-refractivity contribution in [2.75, 3.05) is 19.8 Å². The van der Waals surface area contributed by atoms with E-state index in [0.29, 0.717) is 18.5 Å². The number of ether oxygens (including phenoxy) is 1. The summed E-state index contributed by atoms with van der Waals surface area (Å²) in [6.45, 7) is 2.80. The molecule has 7 nitrogen and oxygen atoms in total. The normalized spacial score (nSPS) is 19.8. The molecule has 1 atom stereocenters. The summed E-state index contributed by atoms with van der Waals surface area (Å²) in [5, 5.41) is 7.29. The molecular weight excluding hydrogens is 318 g/mol. The Bertz CT molecular complexity index is 708. The summed E-state index contributed by atoms with van der Waals surface area (Å²) >= 11 is 0. The van der Waals surface area contributed by atoms with E-state index < -0.39 is 0 Å². The average molecular weight is 341 g/mol. The third-order valence-corrected chi connectivity index (χ3v) is 4.75. The second-order valence-electron chi connectivity index (χ2n) is 6.71. The number of carbonyl (C=O) groups is 1. The predicted octanol–water partition coefficient (Wildman–Crippen LogP) is 1.98. The van der Waals surface area contributed by atoms with E-state index >= 15 is 0 Å². The third kappa shape index (κ3) is 3.82. The van der Waals surface area contributed by atoms with Crippen LogP contribution in [0.4, 0.5) is 4.79 Å². The first-order valence-corrected chi connectivity index (χ1v) is 8.87. The molecule has 25 heavy (non-hydrogen) atoms. The average Bonchev–Trinajstić information content (AvgIpc) is 3.12. The molecule has 3 heterocycles. The highest BCUT2D eigenvalue weighted by atomic mass is 16.5. The molecule has 0 unspecified atom stereocenters.